The van der Waals surface area contributed by atoms with Gasteiger partial charge in [0, 0.05) is 18.8 Å². The summed E-state index contributed by atoms with van der Waals surface area (Å²) in [5.74, 6) is 1.02. The lowest BCUT2D eigenvalue weighted by Gasteiger charge is -2.20. The molecule has 0 aliphatic carbocycles. The lowest BCUT2D eigenvalue weighted by Crippen LogP contribution is -2.32. The van der Waals surface area contributed by atoms with Crippen molar-refractivity contribution >= 4 is 5.96 Å². The second-order valence-corrected chi connectivity index (χ2v) is 5.73. The van der Waals surface area contributed by atoms with Gasteiger partial charge in [0.25, 0.3) is 0 Å². The zero-order chi connectivity index (χ0) is 15.2. The quantitative estimate of drug-likeness (QED) is 0.491. The van der Waals surface area contributed by atoms with E-state index in [1.807, 2.05) is 39.8 Å². The molecule has 1 heterocycles. The molecule has 0 saturated heterocycles. The lowest BCUT2D eigenvalue weighted by atomic mass is 10.2. The van der Waals surface area contributed by atoms with E-state index in [1.165, 1.54) is 0 Å². The van der Waals surface area contributed by atoms with Crippen LogP contribution in [0.5, 0.6) is 5.88 Å². The van der Waals surface area contributed by atoms with Crippen LogP contribution in [0.1, 0.15) is 33.3 Å². The predicted octanol–water partition coefficient (Wildman–Crippen LogP) is 2.24. The minimum atomic E-state index is -0.246. The highest BCUT2D eigenvalue weighted by molar-refractivity contribution is 5.78. The van der Waals surface area contributed by atoms with Crippen molar-refractivity contribution in [1.29, 1.82) is 0 Å². The molecule has 1 rings (SSSR count). The van der Waals surface area contributed by atoms with E-state index in [9.17, 15) is 0 Å². The number of ether oxygens (including phenoxy) is 1. The molecule has 0 aromatic carbocycles. The van der Waals surface area contributed by atoms with Crippen LogP contribution in [0.25, 0.3) is 0 Å². The maximum Gasteiger partial charge on any atom is 0.213 e. The molecule has 0 spiro atoms. The molecule has 110 valence electrons. The minimum Gasteiger partial charge on any atom is -0.472 e. The number of nitrogens with two attached hydrogens (primary N) is 1. The monoisotopic (exact) mass is 276 g/mol. The summed E-state index contributed by atoms with van der Waals surface area (Å²) >= 11 is 0. The number of aliphatic imine (C=N–C) groups is 1. The normalized spacial score (nSPS) is 12.1. The zero-order valence-electron chi connectivity index (χ0n) is 12.7. The van der Waals surface area contributed by atoms with E-state index in [2.05, 4.69) is 21.9 Å². The van der Waals surface area contributed by atoms with Gasteiger partial charge in [-0.15, -0.1) is 0 Å². The van der Waals surface area contributed by atoms with E-state index in [-0.39, 0.29) is 5.60 Å². The van der Waals surface area contributed by atoms with Gasteiger partial charge in [-0.3, -0.25) is 0 Å². The highest BCUT2D eigenvalue weighted by Crippen LogP contribution is 2.15. The first kappa shape index (κ1) is 16.0. The van der Waals surface area contributed by atoms with Crippen molar-refractivity contribution in [2.75, 3.05) is 6.54 Å². The summed E-state index contributed by atoms with van der Waals surface area (Å²) in [7, 11) is 0. The van der Waals surface area contributed by atoms with Gasteiger partial charge in [-0.25, -0.2) is 9.98 Å². The Morgan fingerprint density at radius 1 is 1.45 bits per heavy atom. The molecule has 0 unspecified atom stereocenters. The third-order valence-corrected chi connectivity index (χ3v) is 2.21. The van der Waals surface area contributed by atoms with Crippen LogP contribution < -0.4 is 15.8 Å². The fraction of sp³-hybridized carbons (Fsp3) is 0.467. The van der Waals surface area contributed by atoms with Gasteiger partial charge >= 0.3 is 0 Å². The fourth-order valence-electron chi connectivity index (χ4n) is 1.35. The summed E-state index contributed by atoms with van der Waals surface area (Å²) in [6.07, 6.45) is 1.75. The summed E-state index contributed by atoms with van der Waals surface area (Å²) in [5.41, 5.74) is 7.48. The van der Waals surface area contributed by atoms with Gasteiger partial charge in [-0.2, -0.15) is 0 Å². The van der Waals surface area contributed by atoms with Crippen molar-refractivity contribution in [3.05, 3.63) is 36.0 Å². The second-order valence-electron chi connectivity index (χ2n) is 5.73. The van der Waals surface area contributed by atoms with Gasteiger partial charge < -0.3 is 15.8 Å². The van der Waals surface area contributed by atoms with Crippen molar-refractivity contribution in [1.82, 2.24) is 10.3 Å². The van der Waals surface area contributed by atoms with Gasteiger partial charge in [0.05, 0.1) is 6.54 Å². The van der Waals surface area contributed by atoms with E-state index >= 15 is 0 Å². The summed E-state index contributed by atoms with van der Waals surface area (Å²) in [6, 6.07) is 3.78. The van der Waals surface area contributed by atoms with Gasteiger partial charge in [-0.05, 0) is 33.3 Å². The van der Waals surface area contributed by atoms with Crippen LogP contribution in [0, 0.1) is 0 Å². The molecule has 1 aromatic heterocycles. The van der Waals surface area contributed by atoms with Crippen LogP contribution in [0.2, 0.25) is 0 Å². The standard InChI is InChI=1S/C15H24N4O/c1-11(2)8-18-14(16)19-10-12-6-7-13(17-9-12)20-15(3,4)5/h6-7,9H,1,8,10H2,2-5H3,(H3,16,18,19). The molecule has 5 heteroatoms. The van der Waals surface area contributed by atoms with Gasteiger partial charge in [0.15, 0.2) is 5.96 Å². The number of pyridine rings is 1. The Labute approximate surface area is 121 Å². The average Bonchev–Trinajstić information content (AvgIpc) is 2.33. The van der Waals surface area contributed by atoms with E-state index in [1.54, 1.807) is 6.20 Å². The number of hydrogen-bond acceptors (Lipinski definition) is 3. The van der Waals surface area contributed by atoms with Crippen LogP contribution >= 0.6 is 0 Å². The first-order valence-electron chi connectivity index (χ1n) is 6.58. The van der Waals surface area contributed by atoms with Crippen LogP contribution in [-0.2, 0) is 6.54 Å². The topological polar surface area (TPSA) is 72.5 Å². The van der Waals surface area contributed by atoms with Crippen molar-refractivity contribution in [3.8, 4) is 5.88 Å². The summed E-state index contributed by atoms with van der Waals surface area (Å²) in [4.78, 5) is 8.48. The Morgan fingerprint density at radius 3 is 2.65 bits per heavy atom. The maximum atomic E-state index is 5.74. The van der Waals surface area contributed by atoms with Crippen molar-refractivity contribution in [2.24, 2.45) is 10.7 Å². The van der Waals surface area contributed by atoms with Crippen molar-refractivity contribution in [3.63, 3.8) is 0 Å². The number of nitrogens with zero attached hydrogens (tertiary/aromatic N) is 2. The highest BCUT2D eigenvalue weighted by atomic mass is 16.5. The summed E-state index contributed by atoms with van der Waals surface area (Å²) < 4.78 is 5.65. The smallest absolute Gasteiger partial charge is 0.213 e. The van der Waals surface area contributed by atoms with Gasteiger partial charge in [-0.1, -0.05) is 18.2 Å². The molecule has 0 saturated carbocycles. The lowest BCUT2D eigenvalue weighted by molar-refractivity contribution is 0.124. The van der Waals surface area contributed by atoms with Gasteiger partial charge in [0.1, 0.15) is 5.60 Å². The molecule has 1 aromatic rings. The molecule has 3 N–H and O–H groups in total. The molecular formula is C15H24N4O. The molecule has 0 fully saturated rings. The fourth-order valence-corrected chi connectivity index (χ4v) is 1.35. The minimum absolute atomic E-state index is 0.246. The third kappa shape index (κ3) is 6.78. The Kier molecular flexibility index (Phi) is 5.55. The van der Waals surface area contributed by atoms with E-state index in [0.29, 0.717) is 24.9 Å². The van der Waals surface area contributed by atoms with Gasteiger partial charge in [0.2, 0.25) is 5.88 Å². The number of rotatable bonds is 5. The number of guanidine groups is 1. The molecular weight excluding hydrogens is 252 g/mol. The zero-order valence-corrected chi connectivity index (χ0v) is 12.7. The van der Waals surface area contributed by atoms with E-state index in [0.717, 1.165) is 11.1 Å². The highest BCUT2D eigenvalue weighted by Gasteiger charge is 2.12. The SMILES string of the molecule is C=C(C)CNC(N)=NCc1ccc(OC(C)(C)C)nc1. The number of aromatic nitrogens is 1. The first-order valence-corrected chi connectivity index (χ1v) is 6.58. The van der Waals surface area contributed by atoms with Crippen LogP contribution in [0.4, 0.5) is 0 Å². The molecule has 0 aliphatic rings. The average molecular weight is 276 g/mol. The number of nitrogens with one attached hydrogen (secondary N) is 1. The van der Waals surface area contributed by atoms with Crippen LogP contribution in [0.3, 0.4) is 0 Å². The summed E-state index contributed by atoms with van der Waals surface area (Å²) in [6.45, 7) is 12.8. The third-order valence-electron chi connectivity index (χ3n) is 2.21. The first-order chi connectivity index (χ1) is 9.26. The Hall–Kier alpha value is -2.04. The van der Waals surface area contributed by atoms with Crippen LogP contribution in [0.15, 0.2) is 35.5 Å². The van der Waals surface area contributed by atoms with E-state index < -0.39 is 0 Å². The molecule has 0 atom stereocenters. The molecule has 0 radical (unpaired) electrons. The molecule has 20 heavy (non-hydrogen) atoms. The Morgan fingerprint density at radius 2 is 2.15 bits per heavy atom. The Balaban J connectivity index is 2.53. The molecule has 0 amide bonds. The molecule has 0 bridgehead atoms. The summed E-state index contributed by atoms with van der Waals surface area (Å²) in [5, 5.41) is 2.98. The van der Waals surface area contributed by atoms with Crippen LogP contribution in [-0.4, -0.2) is 23.1 Å². The predicted molar refractivity (Wildman–Crippen MR) is 82.8 cm³/mol. The molecule has 0 aliphatic heterocycles. The van der Waals surface area contributed by atoms with E-state index in [4.69, 9.17) is 10.5 Å². The maximum absolute atomic E-state index is 5.74. The number of hydrogen-bond donors (Lipinski definition) is 2. The second kappa shape index (κ2) is 6.93. The Bertz CT molecular complexity index is 472. The largest absolute Gasteiger partial charge is 0.472 e. The van der Waals surface area contributed by atoms with Crippen molar-refractivity contribution < 1.29 is 4.74 Å². The van der Waals surface area contributed by atoms with Crippen molar-refractivity contribution in [2.45, 2.75) is 39.8 Å². The molecule has 5 nitrogen and oxygen atoms in total.